The van der Waals surface area contributed by atoms with E-state index in [0.29, 0.717) is 11.3 Å². The first-order chi connectivity index (χ1) is 15.5. The van der Waals surface area contributed by atoms with Crippen LogP contribution in [0.4, 0.5) is 22.0 Å². The Morgan fingerprint density at radius 2 is 1.97 bits per heavy atom. The van der Waals surface area contributed by atoms with Crippen molar-refractivity contribution < 1.29 is 31.5 Å². The quantitative estimate of drug-likeness (QED) is 0.328. The van der Waals surface area contributed by atoms with E-state index < -0.39 is 24.9 Å². The molecule has 0 unspecified atom stereocenters. The second-order valence-electron chi connectivity index (χ2n) is 7.03. The highest BCUT2D eigenvalue weighted by molar-refractivity contribution is 6.29. The van der Waals surface area contributed by atoms with E-state index in [-0.39, 0.29) is 47.3 Å². The summed E-state index contributed by atoms with van der Waals surface area (Å²) in [5.74, 6) is -0.310. The minimum atomic E-state index is -4.64. The highest BCUT2D eigenvalue weighted by atomic mass is 35.5. The molecule has 176 valence electrons. The average Bonchev–Trinajstić information content (AvgIpc) is 3.13. The molecule has 0 aliphatic heterocycles. The van der Waals surface area contributed by atoms with Gasteiger partial charge in [-0.2, -0.15) is 28.5 Å². The third-order valence-corrected chi connectivity index (χ3v) is 4.54. The Balaban J connectivity index is 1.61. The lowest BCUT2D eigenvalue weighted by Crippen LogP contribution is -2.10. The predicted molar refractivity (Wildman–Crippen MR) is 107 cm³/mol. The summed E-state index contributed by atoms with van der Waals surface area (Å²) in [6.07, 6.45) is -5.87. The second kappa shape index (κ2) is 10.2. The molecule has 0 N–H and O–H groups in total. The molecule has 0 bridgehead atoms. The van der Waals surface area contributed by atoms with Gasteiger partial charge in [-0.05, 0) is 30.2 Å². The van der Waals surface area contributed by atoms with Crippen LogP contribution in [-0.4, -0.2) is 43.8 Å². The summed E-state index contributed by atoms with van der Waals surface area (Å²) in [5, 5.41) is 11.2. The zero-order chi connectivity index (χ0) is 24.2. The van der Waals surface area contributed by atoms with E-state index in [4.69, 9.17) is 16.3 Å². The SMILES string of the molecule is Cn1cc(-c2ccc(CCC(=O)Cc3cc(Cl)nc(OCC(F)F)c3)nn2)c(C(F)(F)F)n1. The van der Waals surface area contributed by atoms with E-state index in [1.165, 1.54) is 37.5 Å². The summed E-state index contributed by atoms with van der Waals surface area (Å²) in [5.41, 5.74) is -0.386. The summed E-state index contributed by atoms with van der Waals surface area (Å²) in [7, 11) is 1.37. The van der Waals surface area contributed by atoms with Crippen LogP contribution in [0.15, 0.2) is 30.5 Å². The number of pyridine rings is 1. The van der Waals surface area contributed by atoms with Crippen molar-refractivity contribution in [1.82, 2.24) is 25.0 Å². The van der Waals surface area contributed by atoms with E-state index >= 15 is 0 Å². The number of nitrogens with zero attached hydrogens (tertiary/aromatic N) is 5. The number of halogens is 6. The summed E-state index contributed by atoms with van der Waals surface area (Å²) >= 11 is 5.84. The third-order valence-electron chi connectivity index (χ3n) is 4.34. The molecule has 0 radical (unpaired) electrons. The topological polar surface area (TPSA) is 82.8 Å². The van der Waals surface area contributed by atoms with E-state index in [0.717, 1.165) is 4.68 Å². The van der Waals surface area contributed by atoms with Crippen LogP contribution in [0, 0.1) is 0 Å². The lowest BCUT2D eigenvalue weighted by atomic mass is 10.1. The van der Waals surface area contributed by atoms with Crippen LogP contribution in [0.5, 0.6) is 5.88 Å². The van der Waals surface area contributed by atoms with Crippen molar-refractivity contribution >= 4 is 17.4 Å². The first-order valence-corrected chi connectivity index (χ1v) is 9.92. The molecule has 0 aromatic carbocycles. The third kappa shape index (κ3) is 6.91. The van der Waals surface area contributed by atoms with Crippen LogP contribution in [0.25, 0.3) is 11.3 Å². The Morgan fingerprint density at radius 1 is 1.21 bits per heavy atom. The first kappa shape index (κ1) is 24.5. The normalized spacial score (nSPS) is 11.8. The van der Waals surface area contributed by atoms with Gasteiger partial charge in [0.1, 0.15) is 10.9 Å². The second-order valence-corrected chi connectivity index (χ2v) is 7.41. The van der Waals surface area contributed by atoms with Gasteiger partial charge in [0, 0.05) is 32.2 Å². The fourth-order valence-corrected chi connectivity index (χ4v) is 3.18. The molecule has 0 saturated carbocycles. The number of ketones is 1. The number of ether oxygens (including phenoxy) is 1. The molecular weight excluding hydrogens is 473 g/mol. The molecule has 13 heteroatoms. The van der Waals surface area contributed by atoms with Crippen molar-refractivity contribution in [2.75, 3.05) is 6.61 Å². The van der Waals surface area contributed by atoms with Crippen LogP contribution in [0.1, 0.15) is 23.4 Å². The van der Waals surface area contributed by atoms with Gasteiger partial charge in [-0.3, -0.25) is 9.48 Å². The smallest absolute Gasteiger partial charge is 0.435 e. The number of hydrogen-bond acceptors (Lipinski definition) is 6. The van der Waals surface area contributed by atoms with Crippen LogP contribution >= 0.6 is 11.6 Å². The van der Waals surface area contributed by atoms with Gasteiger partial charge in [0.2, 0.25) is 5.88 Å². The predicted octanol–water partition coefficient (Wildman–Crippen LogP) is 4.33. The number of aromatic nitrogens is 5. The maximum absolute atomic E-state index is 13.1. The van der Waals surface area contributed by atoms with Crippen molar-refractivity contribution in [3.05, 3.63) is 52.6 Å². The first-order valence-electron chi connectivity index (χ1n) is 9.54. The largest absolute Gasteiger partial charge is 0.472 e. The summed E-state index contributed by atoms with van der Waals surface area (Å²) in [6.45, 7) is -0.848. The molecule has 7 nitrogen and oxygen atoms in total. The zero-order valence-corrected chi connectivity index (χ0v) is 17.9. The van der Waals surface area contributed by atoms with Gasteiger partial charge in [-0.25, -0.2) is 13.8 Å². The van der Waals surface area contributed by atoms with Gasteiger partial charge in [0.15, 0.2) is 12.3 Å². The van der Waals surface area contributed by atoms with E-state index in [9.17, 15) is 26.7 Å². The van der Waals surface area contributed by atoms with E-state index in [1.54, 1.807) is 0 Å². The number of rotatable bonds is 9. The van der Waals surface area contributed by atoms with Crippen LogP contribution in [0.3, 0.4) is 0 Å². The highest BCUT2D eigenvalue weighted by Crippen LogP contribution is 2.35. The van der Waals surface area contributed by atoms with Gasteiger partial charge in [0.25, 0.3) is 6.43 Å². The standard InChI is InChI=1S/C20H17ClF5N5O2/c1-31-9-14(19(30-31)20(24,25)26)15-5-3-12(28-29-15)2-4-13(32)6-11-7-16(21)27-18(8-11)33-10-17(22)23/h3,5,7-9,17H,2,4,6,10H2,1H3. The lowest BCUT2D eigenvalue weighted by molar-refractivity contribution is -0.141. The van der Waals surface area contributed by atoms with Crippen molar-refractivity contribution in [3.63, 3.8) is 0 Å². The van der Waals surface area contributed by atoms with Crippen molar-refractivity contribution in [3.8, 4) is 17.1 Å². The van der Waals surface area contributed by atoms with Gasteiger partial charge >= 0.3 is 6.18 Å². The van der Waals surface area contributed by atoms with Crippen LogP contribution in [-0.2, 0) is 30.9 Å². The number of carbonyl (C=O) groups excluding carboxylic acids is 1. The van der Waals surface area contributed by atoms with Crippen LogP contribution < -0.4 is 4.74 Å². The molecule has 3 aromatic rings. The Bertz CT molecular complexity index is 1120. The molecule has 3 heterocycles. The Hall–Kier alpha value is -3.15. The molecule has 0 aliphatic rings. The van der Waals surface area contributed by atoms with Crippen LogP contribution in [0.2, 0.25) is 5.15 Å². The molecule has 3 rings (SSSR count). The number of alkyl halides is 5. The molecule has 0 atom stereocenters. The summed E-state index contributed by atoms with van der Waals surface area (Å²) in [4.78, 5) is 16.1. The van der Waals surface area contributed by atoms with Crippen molar-refractivity contribution in [1.29, 1.82) is 0 Å². The maximum atomic E-state index is 13.1. The molecular formula is C20H17ClF5N5O2. The molecule has 0 aliphatic carbocycles. The molecule has 0 amide bonds. The minimum Gasteiger partial charge on any atom is -0.472 e. The van der Waals surface area contributed by atoms with Gasteiger partial charge in [-0.15, -0.1) is 0 Å². The average molecular weight is 490 g/mol. The zero-order valence-electron chi connectivity index (χ0n) is 17.1. The van der Waals surface area contributed by atoms with Gasteiger partial charge in [0.05, 0.1) is 17.0 Å². The highest BCUT2D eigenvalue weighted by Gasteiger charge is 2.37. The van der Waals surface area contributed by atoms with E-state index in [2.05, 4.69) is 20.3 Å². The molecule has 0 saturated heterocycles. The Labute approximate surface area is 189 Å². The molecule has 3 aromatic heterocycles. The van der Waals surface area contributed by atoms with E-state index in [1.807, 2.05) is 0 Å². The molecule has 0 spiro atoms. The number of Topliss-reactive ketones (excluding diaryl/α,β-unsaturated/α-hetero) is 1. The fourth-order valence-electron chi connectivity index (χ4n) is 2.95. The minimum absolute atomic E-state index is 0.000324. The number of aryl methyl sites for hydroxylation is 2. The summed E-state index contributed by atoms with van der Waals surface area (Å²) in [6, 6.07) is 5.65. The van der Waals surface area contributed by atoms with Gasteiger partial charge in [-0.1, -0.05) is 11.6 Å². The monoisotopic (exact) mass is 489 g/mol. The Morgan fingerprint density at radius 3 is 2.61 bits per heavy atom. The maximum Gasteiger partial charge on any atom is 0.435 e. The summed E-state index contributed by atoms with van der Waals surface area (Å²) < 4.78 is 69.8. The lowest BCUT2D eigenvalue weighted by Gasteiger charge is -2.08. The van der Waals surface area contributed by atoms with Crippen molar-refractivity contribution in [2.45, 2.75) is 31.9 Å². The van der Waals surface area contributed by atoms with Crippen molar-refractivity contribution in [2.24, 2.45) is 7.05 Å². The Kier molecular flexibility index (Phi) is 7.57. The fraction of sp³-hybridized carbons (Fsp3) is 0.350. The molecule has 33 heavy (non-hydrogen) atoms. The van der Waals surface area contributed by atoms with Gasteiger partial charge < -0.3 is 4.74 Å². The molecule has 0 fully saturated rings. The number of hydrogen-bond donors (Lipinski definition) is 0. The number of carbonyl (C=O) groups is 1.